The normalized spacial score (nSPS) is 9.89. The van der Waals surface area contributed by atoms with Crippen molar-refractivity contribution in [3.05, 3.63) is 54.1 Å². The molecule has 0 spiro atoms. The molecule has 1 N–H and O–H groups in total. The third-order valence-corrected chi connectivity index (χ3v) is 2.75. The molecule has 0 unspecified atom stereocenters. The Morgan fingerprint density at radius 1 is 0.889 bits per heavy atom. The van der Waals surface area contributed by atoms with Gasteiger partial charge < -0.3 is 14.8 Å². The molecule has 0 aromatic heterocycles. The number of hydrogen-bond donors (Lipinski definition) is 1. The molecule has 0 bridgehead atoms. The fourth-order valence-corrected chi connectivity index (χ4v) is 1.73. The first-order valence-electron chi connectivity index (χ1n) is 5.83. The number of hydrogen-bond acceptors (Lipinski definition) is 3. The third kappa shape index (κ3) is 2.94. The predicted molar refractivity (Wildman–Crippen MR) is 73.3 cm³/mol. The molecule has 3 nitrogen and oxygen atoms in total. The Kier molecular flexibility index (Phi) is 4.07. The highest BCUT2D eigenvalue weighted by molar-refractivity contribution is 5.56. The summed E-state index contributed by atoms with van der Waals surface area (Å²) < 4.78 is 10.4. The van der Waals surface area contributed by atoms with Crippen LogP contribution >= 0.6 is 0 Å². The molecule has 0 heterocycles. The van der Waals surface area contributed by atoms with Gasteiger partial charge in [0.05, 0.1) is 19.9 Å². The van der Waals surface area contributed by atoms with Gasteiger partial charge in [-0.15, -0.1) is 0 Å². The van der Waals surface area contributed by atoms with Crippen LogP contribution in [0.2, 0.25) is 0 Å². The molecule has 2 rings (SSSR count). The lowest BCUT2D eigenvalue weighted by atomic mass is 10.2. The van der Waals surface area contributed by atoms with E-state index >= 15 is 0 Å². The van der Waals surface area contributed by atoms with Crippen LogP contribution in [0.25, 0.3) is 0 Å². The van der Waals surface area contributed by atoms with E-state index in [4.69, 9.17) is 9.47 Å². The van der Waals surface area contributed by atoms with Crippen LogP contribution in [-0.2, 0) is 6.54 Å². The molecule has 0 aliphatic heterocycles. The molecular formula is C15H17NO2. The van der Waals surface area contributed by atoms with E-state index in [9.17, 15) is 0 Å². The van der Waals surface area contributed by atoms with Crippen LogP contribution in [0.3, 0.4) is 0 Å². The summed E-state index contributed by atoms with van der Waals surface area (Å²) in [5, 5.41) is 3.35. The molecule has 3 heteroatoms. The fraction of sp³-hybridized carbons (Fsp3) is 0.200. The average molecular weight is 243 g/mol. The Hall–Kier alpha value is -2.16. The zero-order valence-corrected chi connectivity index (χ0v) is 10.6. The summed E-state index contributed by atoms with van der Waals surface area (Å²) in [6, 6.07) is 15.9. The summed E-state index contributed by atoms with van der Waals surface area (Å²) in [7, 11) is 3.34. The fourth-order valence-electron chi connectivity index (χ4n) is 1.73. The third-order valence-electron chi connectivity index (χ3n) is 2.75. The summed E-state index contributed by atoms with van der Waals surface area (Å²) >= 11 is 0. The van der Waals surface area contributed by atoms with Crippen molar-refractivity contribution in [3.63, 3.8) is 0 Å². The second-order valence-corrected chi connectivity index (χ2v) is 3.90. The maximum Gasteiger partial charge on any atom is 0.141 e. The molecule has 2 aromatic carbocycles. The van der Waals surface area contributed by atoms with Gasteiger partial charge in [-0.2, -0.15) is 0 Å². The molecule has 2 aromatic rings. The number of nitrogens with one attached hydrogen (secondary N) is 1. The van der Waals surface area contributed by atoms with Gasteiger partial charge in [0.2, 0.25) is 0 Å². The first-order chi connectivity index (χ1) is 8.83. The van der Waals surface area contributed by atoms with E-state index in [-0.39, 0.29) is 0 Å². The van der Waals surface area contributed by atoms with Gasteiger partial charge in [0.1, 0.15) is 11.5 Å². The van der Waals surface area contributed by atoms with Crippen molar-refractivity contribution in [2.75, 3.05) is 19.5 Å². The molecular weight excluding hydrogens is 226 g/mol. The monoisotopic (exact) mass is 243 g/mol. The SMILES string of the molecule is COc1ccc(CNc2ccccc2OC)cc1. The lowest BCUT2D eigenvalue weighted by Crippen LogP contribution is -2.01. The highest BCUT2D eigenvalue weighted by Gasteiger charge is 2.00. The maximum absolute atomic E-state index is 5.29. The Labute approximate surface area is 107 Å². The van der Waals surface area contributed by atoms with Gasteiger partial charge >= 0.3 is 0 Å². The zero-order valence-electron chi connectivity index (χ0n) is 10.6. The molecule has 94 valence electrons. The van der Waals surface area contributed by atoms with Gasteiger partial charge in [0, 0.05) is 6.54 Å². The van der Waals surface area contributed by atoms with E-state index in [2.05, 4.69) is 5.32 Å². The van der Waals surface area contributed by atoms with Gasteiger partial charge in [0.15, 0.2) is 0 Å². The van der Waals surface area contributed by atoms with Crippen molar-refractivity contribution in [2.45, 2.75) is 6.54 Å². The lowest BCUT2D eigenvalue weighted by molar-refractivity contribution is 0.414. The van der Waals surface area contributed by atoms with Gasteiger partial charge in [-0.25, -0.2) is 0 Å². The van der Waals surface area contributed by atoms with Crippen LogP contribution in [0.4, 0.5) is 5.69 Å². The van der Waals surface area contributed by atoms with Crippen LogP contribution in [0, 0.1) is 0 Å². The number of anilines is 1. The quantitative estimate of drug-likeness (QED) is 0.873. The second-order valence-electron chi connectivity index (χ2n) is 3.90. The first-order valence-corrected chi connectivity index (χ1v) is 5.83. The van der Waals surface area contributed by atoms with Gasteiger partial charge in [-0.3, -0.25) is 0 Å². The van der Waals surface area contributed by atoms with E-state index in [1.807, 2.05) is 48.5 Å². The minimum absolute atomic E-state index is 0.754. The van der Waals surface area contributed by atoms with Gasteiger partial charge in [-0.05, 0) is 29.8 Å². The summed E-state index contributed by atoms with van der Waals surface area (Å²) in [4.78, 5) is 0. The maximum atomic E-state index is 5.29. The van der Waals surface area contributed by atoms with Gasteiger partial charge in [-0.1, -0.05) is 24.3 Å². The van der Waals surface area contributed by atoms with Crippen molar-refractivity contribution >= 4 is 5.69 Å². The highest BCUT2D eigenvalue weighted by atomic mass is 16.5. The standard InChI is InChI=1S/C15H17NO2/c1-17-13-9-7-12(8-10-13)11-16-14-5-3-4-6-15(14)18-2/h3-10,16H,11H2,1-2H3. The van der Waals surface area contributed by atoms with Crippen LogP contribution in [-0.4, -0.2) is 14.2 Å². The van der Waals surface area contributed by atoms with E-state index in [0.29, 0.717) is 0 Å². The largest absolute Gasteiger partial charge is 0.497 e. The Bertz CT molecular complexity index is 494. The average Bonchev–Trinajstić information content (AvgIpc) is 2.46. The molecule has 0 radical (unpaired) electrons. The molecule has 0 amide bonds. The lowest BCUT2D eigenvalue weighted by Gasteiger charge is -2.11. The second kappa shape index (κ2) is 5.96. The van der Waals surface area contributed by atoms with Gasteiger partial charge in [0.25, 0.3) is 0 Å². The number of benzene rings is 2. The summed E-state index contributed by atoms with van der Waals surface area (Å²) in [6.45, 7) is 0.754. The molecule has 0 atom stereocenters. The highest BCUT2D eigenvalue weighted by Crippen LogP contribution is 2.23. The number of rotatable bonds is 5. The smallest absolute Gasteiger partial charge is 0.141 e. The van der Waals surface area contributed by atoms with Crippen LogP contribution in [0.15, 0.2) is 48.5 Å². The summed E-state index contributed by atoms with van der Waals surface area (Å²) in [5.74, 6) is 1.72. The topological polar surface area (TPSA) is 30.5 Å². The number of ether oxygens (including phenoxy) is 2. The van der Waals surface area contributed by atoms with Crippen molar-refractivity contribution in [3.8, 4) is 11.5 Å². The Balaban J connectivity index is 2.02. The van der Waals surface area contributed by atoms with Crippen molar-refractivity contribution in [1.29, 1.82) is 0 Å². The molecule has 0 aliphatic rings. The minimum Gasteiger partial charge on any atom is -0.497 e. The molecule has 0 saturated heterocycles. The number of methoxy groups -OCH3 is 2. The molecule has 0 saturated carbocycles. The molecule has 18 heavy (non-hydrogen) atoms. The van der Waals surface area contributed by atoms with Crippen LogP contribution in [0.1, 0.15) is 5.56 Å². The van der Waals surface area contributed by atoms with E-state index in [1.165, 1.54) is 5.56 Å². The predicted octanol–water partition coefficient (Wildman–Crippen LogP) is 3.32. The first kappa shape index (κ1) is 12.3. The minimum atomic E-state index is 0.754. The summed E-state index contributed by atoms with van der Waals surface area (Å²) in [6.07, 6.45) is 0. The zero-order chi connectivity index (χ0) is 12.8. The van der Waals surface area contributed by atoms with E-state index in [1.54, 1.807) is 14.2 Å². The van der Waals surface area contributed by atoms with E-state index in [0.717, 1.165) is 23.7 Å². The van der Waals surface area contributed by atoms with Crippen molar-refractivity contribution in [1.82, 2.24) is 0 Å². The van der Waals surface area contributed by atoms with Crippen molar-refractivity contribution < 1.29 is 9.47 Å². The Morgan fingerprint density at radius 3 is 2.28 bits per heavy atom. The Morgan fingerprint density at radius 2 is 1.61 bits per heavy atom. The van der Waals surface area contributed by atoms with Crippen LogP contribution < -0.4 is 14.8 Å². The molecule has 0 aliphatic carbocycles. The molecule has 0 fully saturated rings. The van der Waals surface area contributed by atoms with E-state index < -0.39 is 0 Å². The van der Waals surface area contributed by atoms with Crippen molar-refractivity contribution in [2.24, 2.45) is 0 Å². The van der Waals surface area contributed by atoms with Crippen LogP contribution in [0.5, 0.6) is 11.5 Å². The number of para-hydroxylation sites is 2. The summed E-state index contributed by atoms with van der Waals surface area (Å²) in [5.41, 5.74) is 2.19.